The molecule has 10 heteroatoms. The van der Waals surface area contributed by atoms with Crippen LogP contribution in [-0.4, -0.2) is 45.2 Å². The standard InChI is InChI=1S/C40H37N7O3/c1-50-33-19-16-30(17-20-33)27-47-37(21-18-28-10-4-2-5-11-28)45-46-39(47)36(23-32-25-42-35-15-9-8-14-34(32)35)44-38(48)26-43-40(49)31(24-41)22-29-12-6-3-7-13-29/h2-17,19-20,22,25,36,42H,18,21,23,26-27H2,1H3,(H,43,49)(H,44,48)/b31-22+/t36-/m1/s1. The predicted octanol–water partition coefficient (Wildman–Crippen LogP) is 5.72. The van der Waals surface area contributed by atoms with E-state index >= 15 is 0 Å². The Morgan fingerprint density at radius 3 is 2.36 bits per heavy atom. The summed E-state index contributed by atoms with van der Waals surface area (Å²) in [5.74, 6) is 1.08. The highest BCUT2D eigenvalue weighted by atomic mass is 16.5. The third kappa shape index (κ3) is 8.32. The van der Waals surface area contributed by atoms with Gasteiger partial charge in [-0.3, -0.25) is 9.59 Å². The van der Waals surface area contributed by atoms with Crippen LogP contribution in [0.25, 0.3) is 17.0 Å². The van der Waals surface area contributed by atoms with Gasteiger partial charge in [0.2, 0.25) is 5.91 Å². The van der Waals surface area contributed by atoms with Gasteiger partial charge in [0.1, 0.15) is 23.2 Å². The van der Waals surface area contributed by atoms with Crippen LogP contribution >= 0.6 is 0 Å². The number of nitriles is 1. The second-order valence-corrected chi connectivity index (χ2v) is 11.8. The Kier molecular flexibility index (Phi) is 10.8. The monoisotopic (exact) mass is 663 g/mol. The molecule has 0 saturated heterocycles. The highest BCUT2D eigenvalue weighted by molar-refractivity contribution is 6.03. The molecular weight excluding hydrogens is 626 g/mol. The van der Waals surface area contributed by atoms with Gasteiger partial charge in [-0.25, -0.2) is 0 Å². The van der Waals surface area contributed by atoms with Crippen molar-refractivity contribution >= 4 is 28.8 Å². The average Bonchev–Trinajstić information content (AvgIpc) is 3.76. The first-order valence-electron chi connectivity index (χ1n) is 16.4. The maximum Gasteiger partial charge on any atom is 0.262 e. The SMILES string of the molecule is COc1ccc(Cn2c(CCc3ccccc3)nnc2[C@@H](Cc2c[nH]c3ccccc23)NC(=O)CNC(=O)/C(C#N)=C/c2ccccc2)cc1. The van der Waals surface area contributed by atoms with Gasteiger partial charge in [0.15, 0.2) is 5.82 Å². The number of methoxy groups -OCH3 is 1. The van der Waals surface area contributed by atoms with Crippen LogP contribution in [0.3, 0.4) is 0 Å². The summed E-state index contributed by atoms with van der Waals surface area (Å²) in [7, 11) is 1.63. The molecule has 0 aliphatic heterocycles. The highest BCUT2D eigenvalue weighted by Crippen LogP contribution is 2.26. The minimum absolute atomic E-state index is 0.0957. The molecule has 50 heavy (non-hydrogen) atoms. The normalized spacial score (nSPS) is 11.9. The van der Waals surface area contributed by atoms with Crippen LogP contribution in [0.15, 0.2) is 121 Å². The van der Waals surface area contributed by atoms with Crippen LogP contribution in [0.1, 0.15) is 39.9 Å². The number of ether oxygens (including phenoxy) is 1. The molecule has 0 aliphatic carbocycles. The molecule has 0 bridgehead atoms. The fourth-order valence-corrected chi connectivity index (χ4v) is 5.87. The summed E-state index contributed by atoms with van der Waals surface area (Å²) in [4.78, 5) is 29.8. The molecule has 2 aromatic heterocycles. The van der Waals surface area contributed by atoms with Crippen LogP contribution in [-0.2, 0) is 35.4 Å². The zero-order valence-corrected chi connectivity index (χ0v) is 27.7. The van der Waals surface area contributed by atoms with Crippen molar-refractivity contribution in [3.05, 3.63) is 155 Å². The van der Waals surface area contributed by atoms with Gasteiger partial charge in [0.25, 0.3) is 5.91 Å². The topological polar surface area (TPSA) is 138 Å². The molecule has 1 atom stereocenters. The maximum atomic E-state index is 13.5. The molecule has 0 saturated carbocycles. The summed E-state index contributed by atoms with van der Waals surface area (Å²) in [6.07, 6.45) is 5.26. The van der Waals surface area contributed by atoms with Gasteiger partial charge in [-0.2, -0.15) is 5.26 Å². The molecule has 6 aromatic rings. The number of aryl methyl sites for hydroxylation is 2. The lowest BCUT2D eigenvalue weighted by Gasteiger charge is -2.20. The van der Waals surface area contributed by atoms with E-state index in [-0.39, 0.29) is 12.1 Å². The van der Waals surface area contributed by atoms with Crippen LogP contribution in [0.4, 0.5) is 0 Å². The van der Waals surface area contributed by atoms with Crippen molar-refractivity contribution < 1.29 is 14.3 Å². The fourth-order valence-electron chi connectivity index (χ4n) is 5.87. The number of amides is 2. The number of para-hydroxylation sites is 1. The zero-order chi connectivity index (χ0) is 34.7. The van der Waals surface area contributed by atoms with Crippen LogP contribution in [0.5, 0.6) is 5.75 Å². The second kappa shape index (κ2) is 16.1. The Bertz CT molecular complexity index is 2130. The van der Waals surface area contributed by atoms with E-state index in [0.717, 1.165) is 40.0 Å². The van der Waals surface area contributed by atoms with Crippen molar-refractivity contribution in [2.24, 2.45) is 0 Å². The number of rotatable bonds is 14. The number of fused-ring (bicyclic) bond motifs is 1. The largest absolute Gasteiger partial charge is 0.497 e. The number of H-pyrrole nitrogens is 1. The van der Waals surface area contributed by atoms with Crippen molar-refractivity contribution in [1.29, 1.82) is 5.26 Å². The summed E-state index contributed by atoms with van der Waals surface area (Å²) in [6.45, 7) is 0.147. The first-order valence-corrected chi connectivity index (χ1v) is 16.4. The quantitative estimate of drug-likeness (QED) is 0.101. The number of hydrogen-bond donors (Lipinski definition) is 3. The first kappa shape index (κ1) is 33.4. The second-order valence-electron chi connectivity index (χ2n) is 11.8. The maximum absolute atomic E-state index is 13.5. The van der Waals surface area contributed by atoms with E-state index in [0.29, 0.717) is 30.8 Å². The number of aromatic nitrogens is 4. The minimum atomic E-state index is -0.634. The lowest BCUT2D eigenvalue weighted by molar-refractivity contribution is -0.124. The molecule has 0 aliphatic rings. The van der Waals surface area contributed by atoms with Crippen molar-refractivity contribution in [2.75, 3.05) is 13.7 Å². The molecule has 250 valence electrons. The zero-order valence-electron chi connectivity index (χ0n) is 27.7. The average molecular weight is 664 g/mol. The number of nitrogens with zero attached hydrogens (tertiary/aromatic N) is 4. The van der Waals surface area contributed by atoms with Gasteiger partial charge in [-0.1, -0.05) is 91.0 Å². The molecule has 0 spiro atoms. The lowest BCUT2D eigenvalue weighted by atomic mass is 10.0. The Labute approximate surface area is 290 Å². The van der Waals surface area contributed by atoms with Crippen molar-refractivity contribution in [1.82, 2.24) is 30.4 Å². The van der Waals surface area contributed by atoms with Crippen LogP contribution < -0.4 is 15.4 Å². The number of carbonyl (C=O) groups is 2. The van der Waals surface area contributed by atoms with Crippen molar-refractivity contribution in [2.45, 2.75) is 31.8 Å². The van der Waals surface area contributed by atoms with E-state index < -0.39 is 17.9 Å². The van der Waals surface area contributed by atoms with Crippen LogP contribution in [0.2, 0.25) is 0 Å². The van der Waals surface area contributed by atoms with E-state index in [1.807, 2.05) is 97.2 Å². The summed E-state index contributed by atoms with van der Waals surface area (Å²) < 4.78 is 7.44. The van der Waals surface area contributed by atoms with E-state index in [1.165, 1.54) is 11.6 Å². The van der Waals surface area contributed by atoms with Gasteiger partial charge < -0.3 is 24.9 Å². The highest BCUT2D eigenvalue weighted by Gasteiger charge is 2.25. The molecule has 4 aromatic carbocycles. The molecule has 0 radical (unpaired) electrons. The molecule has 6 rings (SSSR count). The minimum Gasteiger partial charge on any atom is -0.497 e. The van der Waals surface area contributed by atoms with Gasteiger partial charge >= 0.3 is 0 Å². The summed E-state index contributed by atoms with van der Waals surface area (Å²) in [5, 5.41) is 25.7. The summed E-state index contributed by atoms with van der Waals surface area (Å²) in [5.41, 5.74) is 4.80. The lowest BCUT2D eigenvalue weighted by Crippen LogP contribution is -2.40. The number of benzene rings is 4. The van der Waals surface area contributed by atoms with Gasteiger partial charge in [-0.05, 0) is 52.9 Å². The van der Waals surface area contributed by atoms with Gasteiger partial charge in [0.05, 0.1) is 26.2 Å². The number of carbonyl (C=O) groups excluding carboxylic acids is 2. The smallest absolute Gasteiger partial charge is 0.262 e. The number of nitrogens with one attached hydrogen (secondary N) is 3. The molecule has 2 heterocycles. The van der Waals surface area contributed by atoms with Crippen molar-refractivity contribution in [3.8, 4) is 11.8 Å². The Morgan fingerprint density at radius 1 is 0.900 bits per heavy atom. The van der Waals surface area contributed by atoms with Crippen molar-refractivity contribution in [3.63, 3.8) is 0 Å². The van der Waals surface area contributed by atoms with E-state index in [4.69, 9.17) is 4.74 Å². The van der Waals surface area contributed by atoms with E-state index in [1.54, 1.807) is 19.2 Å². The van der Waals surface area contributed by atoms with E-state index in [2.05, 4.69) is 42.5 Å². The fraction of sp³-hybridized carbons (Fsp3) is 0.175. The molecular formula is C40H37N7O3. The van der Waals surface area contributed by atoms with Gasteiger partial charge in [-0.15, -0.1) is 10.2 Å². The Morgan fingerprint density at radius 2 is 1.62 bits per heavy atom. The number of hydrogen-bond acceptors (Lipinski definition) is 6. The molecule has 3 N–H and O–H groups in total. The first-order chi connectivity index (χ1) is 24.5. The number of aromatic amines is 1. The van der Waals surface area contributed by atoms with E-state index in [9.17, 15) is 14.9 Å². The predicted molar refractivity (Wildman–Crippen MR) is 192 cm³/mol. The molecule has 2 amide bonds. The molecule has 10 nitrogen and oxygen atoms in total. The summed E-state index contributed by atoms with van der Waals surface area (Å²) in [6, 6.07) is 36.5. The molecule has 0 unspecified atom stereocenters. The van der Waals surface area contributed by atoms with Gasteiger partial charge in [0, 0.05) is 29.9 Å². The summed E-state index contributed by atoms with van der Waals surface area (Å²) >= 11 is 0. The Balaban J connectivity index is 1.29. The third-order valence-corrected chi connectivity index (χ3v) is 8.47. The Hall–Kier alpha value is -6.47. The third-order valence-electron chi connectivity index (χ3n) is 8.47. The molecule has 0 fully saturated rings. The van der Waals surface area contributed by atoms with Crippen LogP contribution in [0, 0.1) is 11.3 Å².